The van der Waals surface area contributed by atoms with E-state index in [1.807, 2.05) is 0 Å². The maximum atomic E-state index is 13.8. The lowest BCUT2D eigenvalue weighted by Crippen LogP contribution is -2.44. The number of amides is 1. The zero-order chi connectivity index (χ0) is 17.8. The van der Waals surface area contributed by atoms with Gasteiger partial charge in [-0.25, -0.2) is 9.37 Å². The monoisotopic (exact) mass is 345 g/mol. The summed E-state index contributed by atoms with van der Waals surface area (Å²) in [5.41, 5.74) is 0.303. The number of rotatable bonds is 4. The number of likely N-dealkylation sites (tertiary alicyclic amines) is 1. The molecule has 0 bridgehead atoms. The molecule has 1 atom stereocenters. The summed E-state index contributed by atoms with van der Waals surface area (Å²) in [5, 5.41) is 0. The maximum Gasteiger partial charge on any atom is 0.254 e. The first-order chi connectivity index (χ1) is 12.1. The quantitative estimate of drug-likeness (QED) is 0.852. The van der Waals surface area contributed by atoms with Crippen LogP contribution in [0.25, 0.3) is 0 Å². The van der Waals surface area contributed by atoms with E-state index in [0.29, 0.717) is 30.4 Å². The smallest absolute Gasteiger partial charge is 0.254 e. The Morgan fingerprint density at radius 1 is 1.36 bits per heavy atom. The van der Waals surface area contributed by atoms with Crippen molar-refractivity contribution in [1.82, 2.24) is 14.9 Å². The van der Waals surface area contributed by atoms with E-state index in [4.69, 9.17) is 9.47 Å². The van der Waals surface area contributed by atoms with Gasteiger partial charge in [0.25, 0.3) is 5.91 Å². The molecule has 2 aromatic rings. The largest absolute Gasteiger partial charge is 0.494 e. The number of nitrogens with zero attached hydrogens (tertiary/aromatic N) is 3. The number of carbonyl (C=O) groups is 1. The van der Waals surface area contributed by atoms with Gasteiger partial charge >= 0.3 is 0 Å². The SMILES string of the molecule is COc1ccc(C(=O)N2CCC[C@@H](Oc3ccnc(C)n3)C2)cc1F. The maximum absolute atomic E-state index is 13.8. The average molecular weight is 345 g/mol. The molecule has 7 heteroatoms. The lowest BCUT2D eigenvalue weighted by molar-refractivity contribution is 0.0526. The van der Waals surface area contributed by atoms with Crippen molar-refractivity contribution in [3.8, 4) is 11.6 Å². The Bertz CT molecular complexity index is 769. The molecule has 0 radical (unpaired) electrons. The van der Waals surface area contributed by atoms with Crippen LogP contribution in [0.1, 0.15) is 29.0 Å². The highest BCUT2D eigenvalue weighted by molar-refractivity contribution is 5.94. The third-order valence-corrected chi connectivity index (χ3v) is 4.10. The standard InChI is InChI=1S/C18H20FN3O3/c1-12-20-8-7-17(21-12)25-14-4-3-9-22(11-14)18(23)13-5-6-16(24-2)15(19)10-13/h5-8,10,14H,3-4,9,11H2,1-2H3/t14-/m1/s1. The molecule has 1 aliphatic heterocycles. The lowest BCUT2D eigenvalue weighted by Gasteiger charge is -2.32. The Balaban J connectivity index is 1.68. The number of benzene rings is 1. The number of aromatic nitrogens is 2. The van der Waals surface area contributed by atoms with Gasteiger partial charge in [-0.3, -0.25) is 4.79 Å². The highest BCUT2D eigenvalue weighted by atomic mass is 19.1. The molecule has 0 saturated carbocycles. The van der Waals surface area contributed by atoms with Crippen molar-refractivity contribution in [3.05, 3.63) is 47.7 Å². The van der Waals surface area contributed by atoms with Crippen LogP contribution >= 0.6 is 0 Å². The fraction of sp³-hybridized carbons (Fsp3) is 0.389. The van der Waals surface area contributed by atoms with Gasteiger partial charge in [-0.15, -0.1) is 0 Å². The molecule has 2 heterocycles. The Morgan fingerprint density at radius 3 is 2.92 bits per heavy atom. The van der Waals surface area contributed by atoms with Gasteiger partial charge in [0, 0.05) is 24.4 Å². The number of hydrogen-bond donors (Lipinski definition) is 0. The predicted octanol–water partition coefficient (Wildman–Crippen LogP) is 2.62. The van der Waals surface area contributed by atoms with Gasteiger partial charge in [0.2, 0.25) is 5.88 Å². The first-order valence-corrected chi connectivity index (χ1v) is 8.16. The van der Waals surface area contributed by atoms with Crippen LogP contribution in [0.5, 0.6) is 11.6 Å². The molecular formula is C18H20FN3O3. The first kappa shape index (κ1) is 17.1. The zero-order valence-corrected chi connectivity index (χ0v) is 14.2. The van der Waals surface area contributed by atoms with Gasteiger partial charge in [-0.05, 0) is 38.0 Å². The highest BCUT2D eigenvalue weighted by Gasteiger charge is 2.26. The molecule has 1 aromatic carbocycles. The van der Waals surface area contributed by atoms with Crippen molar-refractivity contribution in [3.63, 3.8) is 0 Å². The minimum absolute atomic E-state index is 0.121. The normalized spacial score (nSPS) is 17.2. The van der Waals surface area contributed by atoms with Crippen molar-refractivity contribution in [2.45, 2.75) is 25.9 Å². The average Bonchev–Trinajstić information content (AvgIpc) is 2.61. The van der Waals surface area contributed by atoms with E-state index in [-0.39, 0.29) is 17.8 Å². The van der Waals surface area contributed by atoms with E-state index in [1.54, 1.807) is 30.2 Å². The molecule has 0 unspecified atom stereocenters. The fourth-order valence-corrected chi connectivity index (χ4v) is 2.87. The molecule has 1 aromatic heterocycles. The number of ether oxygens (including phenoxy) is 2. The van der Waals surface area contributed by atoms with Crippen LogP contribution in [0.3, 0.4) is 0 Å². The van der Waals surface area contributed by atoms with E-state index < -0.39 is 5.82 Å². The molecule has 132 valence electrons. The number of methoxy groups -OCH3 is 1. The minimum atomic E-state index is -0.547. The van der Waals surface area contributed by atoms with Gasteiger partial charge in [-0.1, -0.05) is 0 Å². The summed E-state index contributed by atoms with van der Waals surface area (Å²) in [4.78, 5) is 22.6. The molecule has 1 aliphatic rings. The van der Waals surface area contributed by atoms with Crippen molar-refractivity contribution in [2.75, 3.05) is 20.2 Å². The summed E-state index contributed by atoms with van der Waals surface area (Å²) in [7, 11) is 1.39. The Kier molecular flexibility index (Phi) is 5.11. The summed E-state index contributed by atoms with van der Waals surface area (Å²) in [5.74, 6) is 0.496. The van der Waals surface area contributed by atoms with Crippen LogP contribution < -0.4 is 9.47 Å². The molecule has 0 aliphatic carbocycles. The number of carbonyl (C=O) groups excluding carboxylic acids is 1. The van der Waals surface area contributed by atoms with Gasteiger partial charge < -0.3 is 14.4 Å². The number of piperidine rings is 1. The molecule has 1 saturated heterocycles. The van der Waals surface area contributed by atoms with Gasteiger partial charge in [-0.2, -0.15) is 4.98 Å². The third kappa shape index (κ3) is 4.04. The second-order valence-corrected chi connectivity index (χ2v) is 5.92. The van der Waals surface area contributed by atoms with Crippen LogP contribution in [-0.2, 0) is 0 Å². The van der Waals surface area contributed by atoms with Crippen molar-refractivity contribution < 1.29 is 18.7 Å². The molecule has 0 N–H and O–H groups in total. The fourth-order valence-electron chi connectivity index (χ4n) is 2.87. The first-order valence-electron chi connectivity index (χ1n) is 8.16. The van der Waals surface area contributed by atoms with E-state index in [0.717, 1.165) is 12.8 Å². The van der Waals surface area contributed by atoms with Gasteiger partial charge in [0.15, 0.2) is 11.6 Å². The van der Waals surface area contributed by atoms with E-state index in [9.17, 15) is 9.18 Å². The molecule has 6 nitrogen and oxygen atoms in total. The topological polar surface area (TPSA) is 64.5 Å². The highest BCUT2D eigenvalue weighted by Crippen LogP contribution is 2.21. The Morgan fingerprint density at radius 2 is 2.20 bits per heavy atom. The molecular weight excluding hydrogens is 325 g/mol. The summed E-state index contributed by atoms with van der Waals surface area (Å²) in [6.45, 7) is 2.85. The van der Waals surface area contributed by atoms with Gasteiger partial charge in [0.1, 0.15) is 11.9 Å². The van der Waals surface area contributed by atoms with Crippen LogP contribution in [0.15, 0.2) is 30.5 Å². The molecule has 25 heavy (non-hydrogen) atoms. The lowest BCUT2D eigenvalue weighted by atomic mass is 10.1. The molecule has 0 spiro atoms. The predicted molar refractivity (Wildman–Crippen MR) is 89.3 cm³/mol. The van der Waals surface area contributed by atoms with E-state index in [1.165, 1.54) is 19.2 Å². The number of halogens is 1. The number of aryl methyl sites for hydroxylation is 1. The van der Waals surface area contributed by atoms with Crippen LogP contribution in [0.4, 0.5) is 4.39 Å². The minimum Gasteiger partial charge on any atom is -0.494 e. The Hall–Kier alpha value is -2.70. The molecule has 1 fully saturated rings. The van der Waals surface area contributed by atoms with Crippen molar-refractivity contribution in [1.29, 1.82) is 0 Å². The van der Waals surface area contributed by atoms with Crippen molar-refractivity contribution >= 4 is 5.91 Å². The van der Waals surface area contributed by atoms with Gasteiger partial charge in [0.05, 0.1) is 13.7 Å². The summed E-state index contributed by atoms with van der Waals surface area (Å²) >= 11 is 0. The third-order valence-electron chi connectivity index (χ3n) is 4.10. The van der Waals surface area contributed by atoms with Crippen LogP contribution in [0.2, 0.25) is 0 Å². The second kappa shape index (κ2) is 7.46. The molecule has 1 amide bonds. The van der Waals surface area contributed by atoms with E-state index >= 15 is 0 Å². The summed E-state index contributed by atoms with van der Waals surface area (Å²) < 4.78 is 24.6. The number of hydrogen-bond acceptors (Lipinski definition) is 5. The van der Waals surface area contributed by atoms with E-state index in [2.05, 4.69) is 9.97 Å². The Labute approximate surface area is 145 Å². The van der Waals surface area contributed by atoms with Crippen LogP contribution in [0, 0.1) is 12.7 Å². The summed E-state index contributed by atoms with van der Waals surface area (Å²) in [6, 6.07) is 5.94. The second-order valence-electron chi connectivity index (χ2n) is 5.92. The molecule has 3 rings (SSSR count). The summed E-state index contributed by atoms with van der Waals surface area (Å²) in [6.07, 6.45) is 3.15. The van der Waals surface area contributed by atoms with Crippen molar-refractivity contribution in [2.24, 2.45) is 0 Å². The van der Waals surface area contributed by atoms with Crippen LogP contribution in [-0.4, -0.2) is 47.1 Å². The zero-order valence-electron chi connectivity index (χ0n) is 14.2.